The Bertz CT molecular complexity index is 783. The number of aromatic nitrogens is 2. The first kappa shape index (κ1) is 17.2. The minimum absolute atomic E-state index is 0.200. The fourth-order valence-electron chi connectivity index (χ4n) is 4.49. The lowest BCUT2D eigenvalue weighted by Gasteiger charge is -2.47. The van der Waals surface area contributed by atoms with E-state index in [-0.39, 0.29) is 17.1 Å². The van der Waals surface area contributed by atoms with Crippen LogP contribution in [0.3, 0.4) is 0 Å². The third kappa shape index (κ3) is 3.26. The maximum atomic E-state index is 13.4. The summed E-state index contributed by atoms with van der Waals surface area (Å²) in [4.78, 5) is 17.6. The second-order valence-electron chi connectivity index (χ2n) is 7.65. The number of carbonyl (C=O) groups is 1. The second kappa shape index (κ2) is 6.83. The van der Waals surface area contributed by atoms with E-state index in [0.717, 1.165) is 57.5 Å². The average molecular weight is 356 g/mol. The fourth-order valence-corrected chi connectivity index (χ4v) is 4.49. The van der Waals surface area contributed by atoms with Gasteiger partial charge in [0.25, 0.3) is 0 Å². The van der Waals surface area contributed by atoms with Crippen LogP contribution in [-0.4, -0.2) is 40.2 Å². The van der Waals surface area contributed by atoms with Crippen LogP contribution in [0.15, 0.2) is 36.7 Å². The van der Waals surface area contributed by atoms with Crippen LogP contribution in [0.1, 0.15) is 31.2 Å². The van der Waals surface area contributed by atoms with Crippen molar-refractivity contribution in [2.75, 3.05) is 24.5 Å². The number of hydrogen-bond acceptors (Lipinski definition) is 3. The highest BCUT2D eigenvalue weighted by molar-refractivity contribution is 5.98. The quantitative estimate of drug-likeness (QED) is 0.849. The topological polar surface area (TPSA) is 41.4 Å². The number of carbonyl (C=O) groups excluding carboxylic acids is 1. The maximum Gasteiger partial charge on any atom is 0.234 e. The summed E-state index contributed by atoms with van der Waals surface area (Å²) >= 11 is 0. The largest absolute Gasteiger partial charge is 0.312 e. The van der Waals surface area contributed by atoms with Crippen molar-refractivity contribution in [3.05, 3.63) is 48.0 Å². The number of anilines is 1. The zero-order valence-electron chi connectivity index (χ0n) is 15.2. The molecule has 4 rings (SSSR count). The number of halogens is 1. The molecule has 1 aromatic carbocycles. The van der Waals surface area contributed by atoms with E-state index in [2.05, 4.69) is 10.00 Å². The van der Waals surface area contributed by atoms with Crippen molar-refractivity contribution in [1.82, 2.24) is 14.7 Å². The summed E-state index contributed by atoms with van der Waals surface area (Å²) in [6, 6.07) is 6.28. The molecule has 0 saturated carbocycles. The van der Waals surface area contributed by atoms with E-state index in [1.54, 1.807) is 12.1 Å². The molecule has 1 spiro atoms. The molecule has 1 atom stereocenters. The molecule has 2 aliphatic heterocycles. The van der Waals surface area contributed by atoms with E-state index in [0.29, 0.717) is 0 Å². The molecular formula is C20H25FN4O. The number of amides is 1. The predicted molar refractivity (Wildman–Crippen MR) is 98.1 cm³/mol. The molecule has 26 heavy (non-hydrogen) atoms. The van der Waals surface area contributed by atoms with Gasteiger partial charge in [0.1, 0.15) is 5.82 Å². The molecule has 138 valence electrons. The lowest BCUT2D eigenvalue weighted by atomic mass is 9.72. The van der Waals surface area contributed by atoms with E-state index >= 15 is 0 Å². The molecule has 2 aromatic rings. The highest BCUT2D eigenvalue weighted by atomic mass is 19.1. The van der Waals surface area contributed by atoms with Gasteiger partial charge in [-0.1, -0.05) is 0 Å². The lowest BCUT2D eigenvalue weighted by Crippen LogP contribution is -2.56. The average Bonchev–Trinajstić information content (AvgIpc) is 3.04. The van der Waals surface area contributed by atoms with E-state index in [9.17, 15) is 9.18 Å². The van der Waals surface area contributed by atoms with E-state index in [4.69, 9.17) is 0 Å². The Kier molecular flexibility index (Phi) is 4.53. The van der Waals surface area contributed by atoms with Gasteiger partial charge >= 0.3 is 0 Å². The van der Waals surface area contributed by atoms with Gasteiger partial charge in [0, 0.05) is 44.1 Å². The summed E-state index contributed by atoms with van der Waals surface area (Å²) in [6.07, 6.45) is 7.83. The smallest absolute Gasteiger partial charge is 0.234 e. The Morgan fingerprint density at radius 3 is 2.58 bits per heavy atom. The zero-order chi connectivity index (χ0) is 18.1. The Hall–Kier alpha value is -2.21. The molecule has 6 heteroatoms. The standard InChI is InChI=1S/C20H25FN4O/c1-23-13-16(12-22-23)14-24-10-2-8-20(15-24)9-3-11-25(19(20)26)18-6-4-17(21)5-7-18/h4-7,12-13H,2-3,8-11,14-15H2,1H3. The Balaban J connectivity index is 1.52. The SMILES string of the molecule is Cn1cc(CN2CCCC3(CCCN(c4ccc(F)cc4)C3=O)C2)cn1. The molecule has 1 unspecified atom stereocenters. The lowest BCUT2D eigenvalue weighted by molar-refractivity contribution is -0.134. The zero-order valence-corrected chi connectivity index (χ0v) is 15.2. The van der Waals surface area contributed by atoms with Crippen LogP contribution in [-0.2, 0) is 18.4 Å². The summed E-state index contributed by atoms with van der Waals surface area (Å²) < 4.78 is 15.1. The molecular weight excluding hydrogens is 331 g/mol. The van der Waals surface area contributed by atoms with Gasteiger partial charge in [-0.2, -0.15) is 5.10 Å². The summed E-state index contributed by atoms with van der Waals surface area (Å²) in [5.74, 6) is -0.0699. The molecule has 2 saturated heterocycles. The molecule has 2 fully saturated rings. The van der Waals surface area contributed by atoms with Gasteiger partial charge in [-0.15, -0.1) is 0 Å². The second-order valence-corrected chi connectivity index (χ2v) is 7.65. The van der Waals surface area contributed by atoms with Crippen molar-refractivity contribution in [2.24, 2.45) is 12.5 Å². The molecule has 5 nitrogen and oxygen atoms in total. The van der Waals surface area contributed by atoms with Crippen molar-refractivity contribution >= 4 is 11.6 Å². The van der Waals surface area contributed by atoms with Crippen molar-refractivity contribution in [2.45, 2.75) is 32.2 Å². The van der Waals surface area contributed by atoms with Crippen LogP contribution in [0, 0.1) is 11.2 Å². The van der Waals surface area contributed by atoms with Gasteiger partial charge in [-0.3, -0.25) is 14.4 Å². The fraction of sp³-hybridized carbons (Fsp3) is 0.500. The number of likely N-dealkylation sites (tertiary alicyclic amines) is 1. The van der Waals surface area contributed by atoms with Crippen LogP contribution in [0.5, 0.6) is 0 Å². The first-order chi connectivity index (χ1) is 12.6. The molecule has 0 bridgehead atoms. The highest BCUT2D eigenvalue weighted by Gasteiger charge is 2.46. The number of benzene rings is 1. The van der Waals surface area contributed by atoms with Gasteiger partial charge in [-0.25, -0.2) is 4.39 Å². The van der Waals surface area contributed by atoms with Crippen molar-refractivity contribution in [1.29, 1.82) is 0 Å². The molecule has 0 N–H and O–H groups in total. The first-order valence-electron chi connectivity index (χ1n) is 9.33. The van der Waals surface area contributed by atoms with Crippen LogP contribution in [0.2, 0.25) is 0 Å². The molecule has 1 amide bonds. The van der Waals surface area contributed by atoms with Gasteiger partial charge in [0.2, 0.25) is 5.91 Å². The van der Waals surface area contributed by atoms with Gasteiger partial charge < -0.3 is 4.90 Å². The van der Waals surface area contributed by atoms with Gasteiger partial charge in [-0.05, 0) is 56.5 Å². The minimum atomic E-state index is -0.312. The predicted octanol–water partition coefficient (Wildman–Crippen LogP) is 2.97. The van der Waals surface area contributed by atoms with E-state index in [1.165, 1.54) is 17.7 Å². The molecule has 2 aliphatic rings. The summed E-state index contributed by atoms with van der Waals surface area (Å²) in [7, 11) is 1.92. The van der Waals surface area contributed by atoms with Crippen LogP contribution >= 0.6 is 0 Å². The third-order valence-electron chi connectivity index (χ3n) is 5.69. The van der Waals surface area contributed by atoms with Gasteiger partial charge in [0.15, 0.2) is 0 Å². The molecule has 0 radical (unpaired) electrons. The van der Waals surface area contributed by atoms with Crippen molar-refractivity contribution < 1.29 is 9.18 Å². The highest BCUT2D eigenvalue weighted by Crippen LogP contribution is 2.41. The van der Waals surface area contributed by atoms with Crippen molar-refractivity contribution in [3.8, 4) is 0 Å². The Morgan fingerprint density at radius 1 is 1.15 bits per heavy atom. The van der Waals surface area contributed by atoms with Crippen LogP contribution < -0.4 is 4.90 Å². The van der Waals surface area contributed by atoms with Crippen LogP contribution in [0.4, 0.5) is 10.1 Å². The summed E-state index contributed by atoms with van der Waals surface area (Å²) in [6.45, 7) is 3.35. The number of piperidine rings is 2. The number of nitrogens with zero attached hydrogens (tertiary/aromatic N) is 4. The normalized spacial score (nSPS) is 24.4. The van der Waals surface area contributed by atoms with Gasteiger partial charge in [0.05, 0.1) is 11.6 Å². The monoisotopic (exact) mass is 356 g/mol. The summed E-state index contributed by atoms with van der Waals surface area (Å²) in [5, 5.41) is 4.24. The molecule has 0 aliphatic carbocycles. The first-order valence-corrected chi connectivity index (χ1v) is 9.33. The number of hydrogen-bond donors (Lipinski definition) is 0. The Labute approximate surface area is 153 Å². The van der Waals surface area contributed by atoms with E-state index < -0.39 is 0 Å². The molecule has 1 aromatic heterocycles. The van der Waals surface area contributed by atoms with E-state index in [1.807, 2.05) is 29.0 Å². The molecule has 3 heterocycles. The summed E-state index contributed by atoms with van der Waals surface area (Å²) in [5.41, 5.74) is 1.68. The van der Waals surface area contributed by atoms with Crippen molar-refractivity contribution in [3.63, 3.8) is 0 Å². The maximum absolute atomic E-state index is 13.4. The number of aryl methyl sites for hydroxylation is 1. The number of rotatable bonds is 3. The third-order valence-corrected chi connectivity index (χ3v) is 5.69. The minimum Gasteiger partial charge on any atom is -0.312 e. The van der Waals surface area contributed by atoms with Crippen LogP contribution in [0.25, 0.3) is 0 Å². The Morgan fingerprint density at radius 2 is 1.88 bits per heavy atom.